The van der Waals surface area contributed by atoms with E-state index in [1.165, 1.54) is 51.4 Å². The number of fused-ring (bicyclic) bond motifs is 1. The Morgan fingerprint density at radius 1 is 1.02 bits per heavy atom. The van der Waals surface area contributed by atoms with E-state index >= 15 is 0 Å². The molecule has 0 aliphatic carbocycles. The van der Waals surface area contributed by atoms with Gasteiger partial charge >= 0.3 is 12.0 Å². The van der Waals surface area contributed by atoms with Crippen molar-refractivity contribution in [2.75, 3.05) is 18.5 Å². The molecule has 2 aromatic heterocycles. The second-order valence-electron chi connectivity index (χ2n) is 12.5. The summed E-state index contributed by atoms with van der Waals surface area (Å²) >= 11 is 13.2. The summed E-state index contributed by atoms with van der Waals surface area (Å²) in [7, 11) is 0. The predicted octanol–water partition coefficient (Wildman–Crippen LogP) is 8.86. The maximum Gasteiger partial charge on any atom is 0.319 e. The summed E-state index contributed by atoms with van der Waals surface area (Å²) in [6.07, 6.45) is 12.3. The van der Waals surface area contributed by atoms with Gasteiger partial charge in [0, 0.05) is 23.2 Å². The lowest BCUT2D eigenvalue weighted by Crippen LogP contribution is -2.35. The average Bonchev–Trinajstić information content (AvgIpc) is 3.48. The Kier molecular flexibility index (Phi) is 13.2. The number of aryl methyl sites for hydroxylation is 1. The molecule has 2 heterocycles. The number of aromatic amines is 1. The molecule has 1 atom stereocenters. The summed E-state index contributed by atoms with van der Waals surface area (Å²) < 4.78 is 6.96. The van der Waals surface area contributed by atoms with Crippen molar-refractivity contribution in [3.05, 3.63) is 33.4 Å². The summed E-state index contributed by atoms with van der Waals surface area (Å²) in [6.45, 7) is 12.6. The number of nitrogens with zero attached hydrogens (tertiary/aromatic N) is 3. The van der Waals surface area contributed by atoms with Crippen molar-refractivity contribution in [2.45, 2.75) is 111 Å². The van der Waals surface area contributed by atoms with Crippen molar-refractivity contribution >= 4 is 46.5 Å². The first-order valence-corrected chi connectivity index (χ1v) is 16.3. The van der Waals surface area contributed by atoms with E-state index in [1.807, 2.05) is 6.92 Å². The highest BCUT2D eigenvalue weighted by atomic mass is 35.5. The van der Waals surface area contributed by atoms with E-state index in [9.17, 15) is 9.59 Å². The van der Waals surface area contributed by atoms with Gasteiger partial charge in [0.05, 0.1) is 23.2 Å². The maximum absolute atomic E-state index is 12.5. The molecule has 0 aliphatic rings. The van der Waals surface area contributed by atoms with Crippen molar-refractivity contribution < 1.29 is 14.3 Å². The van der Waals surface area contributed by atoms with Gasteiger partial charge in [0.25, 0.3) is 0 Å². The quantitative estimate of drug-likeness (QED) is 0.108. The minimum Gasteiger partial charge on any atom is -0.465 e. The lowest BCUT2D eigenvalue weighted by molar-refractivity contribution is -0.147. The zero-order valence-corrected chi connectivity index (χ0v) is 28.1. The molecule has 3 aromatic rings. The number of urea groups is 1. The average molecular weight is 636 g/mol. The third-order valence-electron chi connectivity index (χ3n) is 7.47. The minimum atomic E-state index is -0.455. The number of hydrogen-bond acceptors (Lipinski definition) is 5. The van der Waals surface area contributed by atoms with Gasteiger partial charge < -0.3 is 15.4 Å². The lowest BCUT2D eigenvalue weighted by atomic mass is 9.92. The predicted molar refractivity (Wildman–Crippen MR) is 175 cm³/mol. The monoisotopic (exact) mass is 634 g/mol. The molecule has 11 heteroatoms. The van der Waals surface area contributed by atoms with Gasteiger partial charge in [0.2, 0.25) is 0 Å². The Labute approximate surface area is 265 Å². The number of carbonyl (C=O) groups is 2. The molecule has 3 N–H and O–H groups in total. The number of H-pyrrole nitrogens is 1. The second kappa shape index (κ2) is 16.3. The van der Waals surface area contributed by atoms with Crippen LogP contribution in [0.2, 0.25) is 10.0 Å². The van der Waals surface area contributed by atoms with E-state index in [-0.39, 0.29) is 17.9 Å². The molecular formula is C32H48Cl2N6O3. The van der Waals surface area contributed by atoms with Crippen LogP contribution in [-0.4, -0.2) is 45.0 Å². The van der Waals surface area contributed by atoms with Crippen LogP contribution >= 0.6 is 23.2 Å². The van der Waals surface area contributed by atoms with Gasteiger partial charge in [-0.15, -0.1) is 5.10 Å². The number of ether oxygens (including phenoxy) is 1. The van der Waals surface area contributed by atoms with Crippen LogP contribution in [0.3, 0.4) is 0 Å². The topological polar surface area (TPSA) is 113 Å². The SMILES string of the molecule is CCCCCCCCCCCCOC(=O)C(C)CNC(=O)Nc1cc(C)c(-c2nc3c(Cl)c(C(C)(C)C)[nH]n3n2)c(Cl)c1. The number of esters is 1. The van der Waals surface area contributed by atoms with Crippen LogP contribution in [0.15, 0.2) is 12.1 Å². The molecule has 0 aliphatic heterocycles. The highest BCUT2D eigenvalue weighted by Gasteiger charge is 2.25. The third-order valence-corrected chi connectivity index (χ3v) is 8.13. The number of benzene rings is 1. The van der Waals surface area contributed by atoms with Crippen LogP contribution in [0.4, 0.5) is 10.5 Å². The first kappa shape index (κ1) is 34.7. The molecule has 3 rings (SSSR count). The molecule has 0 spiro atoms. The van der Waals surface area contributed by atoms with E-state index in [4.69, 9.17) is 27.9 Å². The Morgan fingerprint density at radius 3 is 2.23 bits per heavy atom. The van der Waals surface area contributed by atoms with E-state index in [1.54, 1.807) is 23.7 Å². The largest absolute Gasteiger partial charge is 0.465 e. The third kappa shape index (κ3) is 10.1. The highest BCUT2D eigenvalue weighted by molar-refractivity contribution is 6.34. The van der Waals surface area contributed by atoms with Gasteiger partial charge in [-0.3, -0.25) is 9.89 Å². The first-order valence-electron chi connectivity index (χ1n) is 15.6. The van der Waals surface area contributed by atoms with Crippen LogP contribution in [0.5, 0.6) is 0 Å². The molecule has 0 saturated heterocycles. The number of hydrogen-bond donors (Lipinski definition) is 3. The highest BCUT2D eigenvalue weighted by Crippen LogP contribution is 2.35. The Bertz CT molecular complexity index is 1340. The smallest absolute Gasteiger partial charge is 0.319 e. The van der Waals surface area contributed by atoms with E-state index < -0.39 is 11.9 Å². The van der Waals surface area contributed by atoms with E-state index in [2.05, 4.69) is 53.5 Å². The number of amides is 2. The number of halogens is 2. The molecule has 0 fully saturated rings. The summed E-state index contributed by atoms with van der Waals surface area (Å²) in [5, 5.41) is 14.2. The summed E-state index contributed by atoms with van der Waals surface area (Å²) in [4.78, 5) is 29.5. The fourth-order valence-corrected chi connectivity index (χ4v) is 5.71. The molecule has 0 saturated carbocycles. The fraction of sp³-hybridized carbons (Fsp3) is 0.625. The number of aromatic nitrogens is 4. The summed E-state index contributed by atoms with van der Waals surface area (Å²) in [5.74, 6) is -0.334. The zero-order valence-electron chi connectivity index (χ0n) is 26.5. The molecule has 1 unspecified atom stereocenters. The van der Waals surface area contributed by atoms with Crippen molar-refractivity contribution in [1.29, 1.82) is 0 Å². The standard InChI is InChI=1S/C32H48Cl2N6O3/c1-7-8-9-10-11-12-13-14-15-16-17-43-30(41)22(3)20-35-31(42)36-23-18-21(2)25(24(33)19-23)28-37-29-26(34)27(32(4,5)6)38-40(29)39-28/h18-19,22,38H,7-17,20H2,1-6H3,(H2,35,36,42). The van der Waals surface area contributed by atoms with Gasteiger partial charge in [-0.25, -0.2) is 9.78 Å². The molecule has 0 radical (unpaired) electrons. The molecule has 1 aromatic carbocycles. The number of unbranched alkanes of at least 4 members (excludes halogenated alkanes) is 9. The van der Waals surface area contributed by atoms with Crippen molar-refractivity contribution in [3.8, 4) is 11.4 Å². The number of anilines is 1. The molecule has 9 nitrogen and oxygen atoms in total. The molecule has 0 bridgehead atoms. The van der Waals surface area contributed by atoms with E-state index in [0.717, 1.165) is 24.1 Å². The van der Waals surface area contributed by atoms with Crippen molar-refractivity contribution in [2.24, 2.45) is 5.92 Å². The zero-order chi connectivity index (χ0) is 31.6. The van der Waals surface area contributed by atoms with Crippen LogP contribution in [0, 0.1) is 12.8 Å². The minimum absolute atomic E-state index is 0.162. The lowest BCUT2D eigenvalue weighted by Gasteiger charge is -2.16. The van der Waals surface area contributed by atoms with Gasteiger partial charge in [0.1, 0.15) is 5.02 Å². The van der Waals surface area contributed by atoms with Crippen molar-refractivity contribution in [1.82, 2.24) is 25.1 Å². The first-order chi connectivity index (χ1) is 20.4. The second-order valence-corrected chi connectivity index (χ2v) is 13.2. The van der Waals surface area contributed by atoms with E-state index in [0.29, 0.717) is 39.4 Å². The maximum atomic E-state index is 12.5. The van der Waals surface area contributed by atoms with Gasteiger partial charge in [-0.05, 0) is 31.0 Å². The number of nitrogens with one attached hydrogen (secondary N) is 3. The van der Waals surface area contributed by atoms with Gasteiger partial charge in [-0.2, -0.15) is 4.63 Å². The molecule has 43 heavy (non-hydrogen) atoms. The van der Waals surface area contributed by atoms with Crippen LogP contribution in [0.25, 0.3) is 17.0 Å². The van der Waals surface area contributed by atoms with Crippen LogP contribution in [0.1, 0.15) is 110 Å². The Morgan fingerprint density at radius 2 is 1.65 bits per heavy atom. The summed E-state index contributed by atoms with van der Waals surface area (Å²) in [5.41, 5.74) is 3.13. The Hall–Kier alpha value is -2.78. The molecule has 238 valence electrons. The summed E-state index contributed by atoms with van der Waals surface area (Å²) in [6, 6.07) is 3.00. The molecular weight excluding hydrogens is 587 g/mol. The van der Waals surface area contributed by atoms with Crippen molar-refractivity contribution in [3.63, 3.8) is 0 Å². The number of carbonyl (C=O) groups excluding carboxylic acids is 2. The Balaban J connectivity index is 1.41. The fourth-order valence-electron chi connectivity index (χ4n) is 4.91. The molecule has 2 amide bonds. The normalized spacial score (nSPS) is 12.5. The van der Waals surface area contributed by atoms with Gasteiger partial charge in [-0.1, -0.05) is 116 Å². The van der Waals surface area contributed by atoms with Gasteiger partial charge in [0.15, 0.2) is 11.5 Å². The van der Waals surface area contributed by atoms with Crippen LogP contribution in [-0.2, 0) is 14.9 Å². The van der Waals surface area contributed by atoms with Crippen LogP contribution < -0.4 is 10.6 Å². The number of rotatable bonds is 16.